The Morgan fingerprint density at radius 3 is 2.73 bits per heavy atom. The van der Waals surface area contributed by atoms with Crippen LogP contribution in [0, 0.1) is 5.82 Å². The summed E-state index contributed by atoms with van der Waals surface area (Å²) in [5.74, 6) is -0.403. The van der Waals surface area contributed by atoms with E-state index in [0.717, 1.165) is 16.5 Å². The molecule has 3 nitrogen and oxygen atoms in total. The fraction of sp³-hybridized carbons (Fsp3) is 0.118. The lowest BCUT2D eigenvalue weighted by atomic mass is 10.1. The number of halogens is 2. The number of hydrogen-bond acceptors (Lipinski definition) is 1. The van der Waals surface area contributed by atoms with Crippen molar-refractivity contribution in [1.29, 1.82) is 0 Å². The van der Waals surface area contributed by atoms with E-state index in [9.17, 15) is 9.18 Å². The number of fused-ring (bicyclic) bond motifs is 1. The molecule has 0 aliphatic carbocycles. The highest BCUT2D eigenvalue weighted by Crippen LogP contribution is 2.19. The molecule has 0 saturated carbocycles. The first-order valence-electron chi connectivity index (χ1n) is 6.93. The highest BCUT2D eigenvalue weighted by Gasteiger charge is 2.07. The third kappa shape index (κ3) is 3.12. The molecule has 0 radical (unpaired) electrons. The minimum atomic E-state index is -0.267. The molecule has 2 N–H and O–H groups in total. The number of hydrogen-bond donors (Lipinski definition) is 2. The summed E-state index contributed by atoms with van der Waals surface area (Å²) >= 11 is 5.79. The first-order valence-corrected chi connectivity index (χ1v) is 7.30. The Bertz CT molecular complexity index is 811. The minimum Gasteiger partial charge on any atom is -0.361 e. The minimum absolute atomic E-state index is 0.137. The van der Waals surface area contributed by atoms with Gasteiger partial charge in [0.25, 0.3) is 5.91 Å². The van der Waals surface area contributed by atoms with Crippen molar-refractivity contribution in [2.75, 3.05) is 6.54 Å². The van der Waals surface area contributed by atoms with Gasteiger partial charge in [0.2, 0.25) is 0 Å². The normalized spacial score (nSPS) is 10.8. The summed E-state index contributed by atoms with van der Waals surface area (Å²) < 4.78 is 13.1. The molecule has 3 rings (SSSR count). The predicted octanol–water partition coefficient (Wildman–Crippen LogP) is 3.93. The molecule has 1 amide bonds. The highest BCUT2D eigenvalue weighted by atomic mass is 35.5. The van der Waals surface area contributed by atoms with Gasteiger partial charge in [-0.3, -0.25) is 4.79 Å². The molecule has 0 spiro atoms. The van der Waals surface area contributed by atoms with Crippen molar-refractivity contribution in [1.82, 2.24) is 10.3 Å². The van der Waals surface area contributed by atoms with Crippen LogP contribution in [0.2, 0.25) is 5.02 Å². The van der Waals surface area contributed by atoms with Gasteiger partial charge in [-0.15, -0.1) is 0 Å². The maximum absolute atomic E-state index is 13.1. The Kier molecular flexibility index (Phi) is 4.11. The maximum atomic E-state index is 13.1. The molecule has 112 valence electrons. The second kappa shape index (κ2) is 6.20. The Morgan fingerprint density at radius 1 is 1.18 bits per heavy atom. The van der Waals surface area contributed by atoms with Crippen LogP contribution < -0.4 is 5.32 Å². The second-order valence-corrected chi connectivity index (χ2v) is 5.45. The predicted molar refractivity (Wildman–Crippen MR) is 85.7 cm³/mol. The average molecular weight is 317 g/mol. The molecule has 0 bridgehead atoms. The van der Waals surface area contributed by atoms with E-state index in [1.165, 1.54) is 12.1 Å². The summed E-state index contributed by atoms with van der Waals surface area (Å²) in [4.78, 5) is 15.0. The van der Waals surface area contributed by atoms with Gasteiger partial charge in [-0.2, -0.15) is 0 Å². The van der Waals surface area contributed by atoms with E-state index < -0.39 is 0 Å². The van der Waals surface area contributed by atoms with Crippen LogP contribution in [-0.4, -0.2) is 17.4 Å². The third-order valence-corrected chi connectivity index (χ3v) is 3.77. The van der Waals surface area contributed by atoms with Gasteiger partial charge < -0.3 is 10.3 Å². The smallest absolute Gasteiger partial charge is 0.251 e. The van der Waals surface area contributed by atoms with Gasteiger partial charge in [0.15, 0.2) is 0 Å². The molecule has 0 atom stereocenters. The lowest BCUT2D eigenvalue weighted by Gasteiger charge is -2.05. The molecule has 3 aromatic rings. The number of nitrogens with one attached hydrogen (secondary N) is 2. The lowest BCUT2D eigenvalue weighted by molar-refractivity contribution is 0.0954. The molecular formula is C17H14ClFN2O. The second-order valence-electron chi connectivity index (χ2n) is 5.02. The highest BCUT2D eigenvalue weighted by molar-refractivity contribution is 6.30. The molecule has 0 saturated heterocycles. The molecular weight excluding hydrogens is 303 g/mol. The first-order chi connectivity index (χ1) is 10.6. The van der Waals surface area contributed by atoms with Crippen LogP contribution >= 0.6 is 11.6 Å². The molecule has 0 aliphatic rings. The van der Waals surface area contributed by atoms with Gasteiger partial charge in [0.05, 0.1) is 0 Å². The number of amides is 1. The van der Waals surface area contributed by atoms with Crippen LogP contribution in [0.15, 0.2) is 48.7 Å². The van der Waals surface area contributed by atoms with Crippen LogP contribution in [0.1, 0.15) is 15.9 Å². The van der Waals surface area contributed by atoms with Crippen molar-refractivity contribution in [2.24, 2.45) is 0 Å². The first kappa shape index (κ1) is 14.6. The maximum Gasteiger partial charge on any atom is 0.251 e. The van der Waals surface area contributed by atoms with Gasteiger partial charge in [0, 0.05) is 34.2 Å². The van der Waals surface area contributed by atoms with Crippen molar-refractivity contribution >= 4 is 28.4 Å². The van der Waals surface area contributed by atoms with Crippen molar-refractivity contribution in [2.45, 2.75) is 6.42 Å². The van der Waals surface area contributed by atoms with Crippen LogP contribution in [0.3, 0.4) is 0 Å². The Balaban J connectivity index is 1.62. The zero-order valence-corrected chi connectivity index (χ0v) is 12.5. The summed E-state index contributed by atoms with van der Waals surface area (Å²) in [5, 5.41) is 4.44. The molecule has 2 aromatic carbocycles. The number of aromatic amines is 1. The van der Waals surface area contributed by atoms with Crippen molar-refractivity contribution in [3.05, 3.63) is 70.6 Å². The summed E-state index contributed by atoms with van der Waals surface area (Å²) in [6, 6.07) is 11.4. The fourth-order valence-electron chi connectivity index (χ4n) is 2.38. The topological polar surface area (TPSA) is 44.9 Å². The van der Waals surface area contributed by atoms with Crippen LogP contribution in [0.4, 0.5) is 4.39 Å². The lowest BCUT2D eigenvalue weighted by Crippen LogP contribution is -2.25. The number of aromatic nitrogens is 1. The number of rotatable bonds is 4. The fourth-order valence-corrected chi connectivity index (χ4v) is 2.51. The summed E-state index contributed by atoms with van der Waals surface area (Å²) in [5.41, 5.74) is 2.39. The van der Waals surface area contributed by atoms with Crippen molar-refractivity contribution in [3.63, 3.8) is 0 Å². The van der Waals surface area contributed by atoms with Crippen LogP contribution in [0.5, 0.6) is 0 Å². The average Bonchev–Trinajstić information content (AvgIpc) is 2.90. The molecule has 0 unspecified atom stereocenters. The van der Waals surface area contributed by atoms with Gasteiger partial charge in [0.1, 0.15) is 5.82 Å². The SMILES string of the molecule is O=C(NCCc1c[nH]c2cc(F)ccc12)c1ccc(Cl)cc1. The number of carbonyl (C=O) groups excluding carboxylic acids is 1. The third-order valence-electron chi connectivity index (χ3n) is 3.52. The van der Waals surface area contributed by atoms with Crippen LogP contribution in [0.25, 0.3) is 10.9 Å². The van der Waals surface area contributed by atoms with E-state index in [4.69, 9.17) is 11.6 Å². The van der Waals surface area contributed by atoms with E-state index >= 15 is 0 Å². The molecule has 0 aliphatic heterocycles. The van der Waals surface area contributed by atoms with E-state index in [0.29, 0.717) is 23.6 Å². The zero-order valence-electron chi connectivity index (χ0n) is 11.7. The van der Waals surface area contributed by atoms with Crippen LogP contribution in [-0.2, 0) is 6.42 Å². The molecule has 1 heterocycles. The van der Waals surface area contributed by atoms with Gasteiger partial charge in [-0.05, 0) is 54.4 Å². The van der Waals surface area contributed by atoms with Crippen molar-refractivity contribution < 1.29 is 9.18 Å². The molecule has 0 fully saturated rings. The van der Waals surface area contributed by atoms with E-state index in [1.54, 1.807) is 30.3 Å². The van der Waals surface area contributed by atoms with E-state index in [-0.39, 0.29) is 11.7 Å². The van der Waals surface area contributed by atoms with Gasteiger partial charge >= 0.3 is 0 Å². The standard InChI is InChI=1S/C17H14ClFN2O/c18-13-3-1-11(2-4-13)17(22)20-8-7-12-10-21-16-9-14(19)5-6-15(12)16/h1-6,9-10,21H,7-8H2,(H,20,22). The largest absolute Gasteiger partial charge is 0.361 e. The number of H-pyrrole nitrogens is 1. The summed E-state index contributed by atoms with van der Waals surface area (Å²) in [7, 11) is 0. The Labute approximate surface area is 132 Å². The quantitative estimate of drug-likeness (QED) is 0.752. The van der Waals surface area contributed by atoms with Gasteiger partial charge in [-0.1, -0.05) is 11.6 Å². The van der Waals surface area contributed by atoms with Gasteiger partial charge in [-0.25, -0.2) is 4.39 Å². The monoisotopic (exact) mass is 316 g/mol. The Morgan fingerprint density at radius 2 is 1.95 bits per heavy atom. The summed E-state index contributed by atoms with van der Waals surface area (Å²) in [6.07, 6.45) is 2.52. The van der Waals surface area contributed by atoms with E-state index in [2.05, 4.69) is 10.3 Å². The zero-order chi connectivity index (χ0) is 15.5. The molecule has 1 aromatic heterocycles. The van der Waals surface area contributed by atoms with E-state index in [1.807, 2.05) is 6.20 Å². The molecule has 22 heavy (non-hydrogen) atoms. The number of carbonyl (C=O) groups is 1. The number of benzene rings is 2. The summed E-state index contributed by atoms with van der Waals surface area (Å²) in [6.45, 7) is 0.506. The molecule has 5 heteroatoms. The Hall–Kier alpha value is -2.33. The van der Waals surface area contributed by atoms with Crippen molar-refractivity contribution in [3.8, 4) is 0 Å².